The highest BCUT2D eigenvalue weighted by atomic mass is 35.5. The average molecular weight is 273 g/mol. The van der Waals surface area contributed by atoms with E-state index in [4.69, 9.17) is 16.7 Å². The molecule has 0 radical (unpaired) electrons. The summed E-state index contributed by atoms with van der Waals surface area (Å²) in [6, 6.07) is 3.50. The minimum absolute atomic E-state index is 0. The van der Waals surface area contributed by atoms with Crippen LogP contribution in [0.4, 0.5) is 5.69 Å². The summed E-state index contributed by atoms with van der Waals surface area (Å²) in [5, 5.41) is 29.1. The molecule has 0 saturated heterocycles. The van der Waals surface area contributed by atoms with Crippen LogP contribution >= 0.6 is 12.4 Å². The number of nitro benzene ring substituents is 1. The van der Waals surface area contributed by atoms with Gasteiger partial charge in [0.15, 0.2) is 5.75 Å². The SMILES string of the molecule is Cl.N#Cc1cc([C@@H](N)CCN)c(O)c([N+](=O)[O-])c1. The highest BCUT2D eigenvalue weighted by Gasteiger charge is 2.22. The first kappa shape index (κ1) is 16.1. The highest BCUT2D eigenvalue weighted by Crippen LogP contribution is 2.34. The van der Waals surface area contributed by atoms with Gasteiger partial charge in [0.25, 0.3) is 0 Å². The number of nitro groups is 1. The fourth-order valence-electron chi connectivity index (χ4n) is 1.46. The number of benzene rings is 1. The summed E-state index contributed by atoms with van der Waals surface area (Å²) in [5.41, 5.74) is 10.8. The van der Waals surface area contributed by atoms with Gasteiger partial charge in [-0.15, -0.1) is 12.4 Å². The van der Waals surface area contributed by atoms with Crippen molar-refractivity contribution in [2.24, 2.45) is 11.5 Å². The van der Waals surface area contributed by atoms with Gasteiger partial charge in [0, 0.05) is 17.7 Å². The van der Waals surface area contributed by atoms with Crippen molar-refractivity contribution in [1.29, 1.82) is 5.26 Å². The highest BCUT2D eigenvalue weighted by molar-refractivity contribution is 5.85. The number of hydrogen-bond donors (Lipinski definition) is 3. The molecule has 0 saturated carbocycles. The summed E-state index contributed by atoms with van der Waals surface area (Å²) in [4.78, 5) is 9.94. The van der Waals surface area contributed by atoms with Crippen LogP contribution in [0, 0.1) is 21.4 Å². The molecule has 1 atom stereocenters. The molecule has 0 spiro atoms. The number of phenols is 1. The normalized spacial score (nSPS) is 11.2. The average Bonchev–Trinajstić information content (AvgIpc) is 2.29. The second-order valence-corrected chi connectivity index (χ2v) is 3.49. The maximum Gasteiger partial charge on any atom is 0.312 e. The molecular formula is C10H13ClN4O3. The van der Waals surface area contributed by atoms with Crippen molar-refractivity contribution in [3.8, 4) is 11.8 Å². The minimum atomic E-state index is -0.755. The molecule has 0 heterocycles. The molecule has 1 rings (SSSR count). The van der Waals surface area contributed by atoms with Gasteiger partial charge in [0.05, 0.1) is 16.6 Å². The second kappa shape index (κ2) is 6.76. The summed E-state index contributed by atoms with van der Waals surface area (Å²) in [6.07, 6.45) is 0.361. The largest absolute Gasteiger partial charge is 0.502 e. The molecule has 0 aliphatic heterocycles. The smallest absolute Gasteiger partial charge is 0.312 e. The minimum Gasteiger partial charge on any atom is -0.502 e. The first-order chi connectivity index (χ1) is 8.01. The third-order valence-electron chi connectivity index (χ3n) is 2.32. The molecule has 0 aliphatic rings. The van der Waals surface area contributed by atoms with Gasteiger partial charge in [0.2, 0.25) is 0 Å². The molecule has 0 aromatic heterocycles. The summed E-state index contributed by atoms with van der Waals surface area (Å²) >= 11 is 0. The van der Waals surface area contributed by atoms with Gasteiger partial charge in [-0.2, -0.15) is 5.26 Å². The number of phenolic OH excluding ortho intramolecular Hbond substituents is 1. The predicted octanol–water partition coefficient (Wildman–Crippen LogP) is 0.942. The summed E-state index contributed by atoms with van der Waals surface area (Å²) < 4.78 is 0. The van der Waals surface area contributed by atoms with Crippen molar-refractivity contribution < 1.29 is 10.0 Å². The molecule has 0 amide bonds. The molecule has 5 N–H and O–H groups in total. The lowest BCUT2D eigenvalue weighted by Crippen LogP contribution is -2.16. The van der Waals surface area contributed by atoms with Crippen molar-refractivity contribution in [1.82, 2.24) is 0 Å². The lowest BCUT2D eigenvalue weighted by molar-refractivity contribution is -0.386. The van der Waals surface area contributed by atoms with Crippen LogP contribution in [-0.2, 0) is 0 Å². The van der Waals surface area contributed by atoms with Gasteiger partial charge in [-0.1, -0.05) is 0 Å². The summed E-state index contributed by atoms with van der Waals surface area (Å²) in [5.74, 6) is -0.505. The number of nitriles is 1. The Hall–Kier alpha value is -1.88. The van der Waals surface area contributed by atoms with Gasteiger partial charge in [-0.25, -0.2) is 0 Å². The number of rotatable bonds is 4. The molecule has 8 heteroatoms. The molecule has 18 heavy (non-hydrogen) atoms. The van der Waals surface area contributed by atoms with Crippen molar-refractivity contribution in [2.75, 3.05) is 6.54 Å². The van der Waals surface area contributed by atoms with Gasteiger partial charge in [-0.05, 0) is 19.0 Å². The number of halogens is 1. The third kappa shape index (κ3) is 3.30. The summed E-state index contributed by atoms with van der Waals surface area (Å²) in [6.45, 7) is 0.283. The number of nitrogens with two attached hydrogens (primary N) is 2. The van der Waals surface area contributed by atoms with Crippen LogP contribution in [0.2, 0.25) is 0 Å². The predicted molar refractivity (Wildman–Crippen MR) is 67.3 cm³/mol. The zero-order valence-electron chi connectivity index (χ0n) is 9.37. The molecule has 0 bridgehead atoms. The first-order valence-electron chi connectivity index (χ1n) is 4.88. The Morgan fingerprint density at radius 1 is 1.56 bits per heavy atom. The topological polar surface area (TPSA) is 139 Å². The number of aromatic hydroxyl groups is 1. The first-order valence-corrected chi connectivity index (χ1v) is 4.88. The van der Waals surface area contributed by atoms with E-state index in [1.54, 1.807) is 6.07 Å². The van der Waals surface area contributed by atoms with Crippen molar-refractivity contribution in [3.63, 3.8) is 0 Å². The van der Waals surface area contributed by atoms with E-state index in [-0.39, 0.29) is 30.1 Å². The van der Waals surface area contributed by atoms with E-state index in [1.807, 2.05) is 0 Å². The van der Waals surface area contributed by atoms with Crippen LogP contribution < -0.4 is 11.5 Å². The summed E-state index contributed by atoms with van der Waals surface area (Å²) in [7, 11) is 0. The van der Waals surface area contributed by atoms with Gasteiger partial charge >= 0.3 is 5.69 Å². The molecule has 0 unspecified atom stereocenters. The van der Waals surface area contributed by atoms with Crippen LogP contribution in [-0.4, -0.2) is 16.6 Å². The number of hydrogen-bond acceptors (Lipinski definition) is 6. The Balaban J connectivity index is 0.00000289. The molecule has 98 valence electrons. The standard InChI is InChI=1S/C10H12N4O3.ClH/c11-2-1-8(13)7-3-6(5-12)4-9(10(7)15)14(16)17;/h3-4,8,15H,1-2,11,13H2;1H/t8-;/m0./s1. The van der Waals surface area contributed by atoms with E-state index in [0.29, 0.717) is 6.42 Å². The van der Waals surface area contributed by atoms with E-state index in [2.05, 4.69) is 0 Å². The van der Waals surface area contributed by atoms with E-state index in [1.165, 1.54) is 6.07 Å². The van der Waals surface area contributed by atoms with E-state index in [0.717, 1.165) is 6.07 Å². The third-order valence-corrected chi connectivity index (χ3v) is 2.32. The van der Waals surface area contributed by atoms with Gasteiger partial charge in [0.1, 0.15) is 0 Å². The van der Waals surface area contributed by atoms with Crippen molar-refractivity contribution in [2.45, 2.75) is 12.5 Å². The lowest BCUT2D eigenvalue weighted by Gasteiger charge is -2.12. The van der Waals surface area contributed by atoms with Crippen LogP contribution in [0.15, 0.2) is 12.1 Å². The lowest BCUT2D eigenvalue weighted by atomic mass is 10.00. The Kier molecular flexibility index (Phi) is 6.05. The van der Waals surface area contributed by atoms with Gasteiger partial charge in [-0.3, -0.25) is 10.1 Å². The van der Waals surface area contributed by atoms with E-state index in [9.17, 15) is 15.2 Å². The quantitative estimate of drug-likeness (QED) is 0.550. The van der Waals surface area contributed by atoms with E-state index < -0.39 is 22.4 Å². The molecular weight excluding hydrogens is 260 g/mol. The maximum absolute atomic E-state index is 10.7. The Morgan fingerprint density at radius 3 is 2.61 bits per heavy atom. The maximum atomic E-state index is 10.7. The molecule has 0 fully saturated rings. The van der Waals surface area contributed by atoms with Crippen LogP contribution in [0.1, 0.15) is 23.6 Å². The van der Waals surface area contributed by atoms with Crippen LogP contribution in [0.5, 0.6) is 5.75 Å². The van der Waals surface area contributed by atoms with Crippen molar-refractivity contribution >= 4 is 18.1 Å². The van der Waals surface area contributed by atoms with Crippen LogP contribution in [0.3, 0.4) is 0 Å². The Morgan fingerprint density at radius 2 is 2.17 bits per heavy atom. The van der Waals surface area contributed by atoms with Crippen LogP contribution in [0.25, 0.3) is 0 Å². The Bertz CT molecular complexity index is 487. The fourth-order valence-corrected chi connectivity index (χ4v) is 1.46. The molecule has 1 aromatic carbocycles. The number of nitrogens with zero attached hydrogens (tertiary/aromatic N) is 2. The monoisotopic (exact) mass is 272 g/mol. The molecule has 0 aliphatic carbocycles. The molecule has 7 nitrogen and oxygen atoms in total. The van der Waals surface area contributed by atoms with E-state index >= 15 is 0 Å². The fraction of sp³-hybridized carbons (Fsp3) is 0.300. The second-order valence-electron chi connectivity index (χ2n) is 3.49. The van der Waals surface area contributed by atoms with Gasteiger partial charge < -0.3 is 16.6 Å². The van der Waals surface area contributed by atoms with Crippen molar-refractivity contribution in [3.05, 3.63) is 33.4 Å². The Labute approximate surface area is 110 Å². The zero-order chi connectivity index (χ0) is 13.0. The molecule has 1 aromatic rings. The zero-order valence-corrected chi connectivity index (χ0v) is 10.2.